The van der Waals surface area contributed by atoms with Gasteiger partial charge in [0.15, 0.2) is 17.2 Å². The van der Waals surface area contributed by atoms with Gasteiger partial charge in [0.05, 0.1) is 12.1 Å². The second-order valence-corrected chi connectivity index (χ2v) is 6.51. The number of aliphatic imine (C=N–C) groups is 1. The maximum atomic E-state index is 13.4. The van der Waals surface area contributed by atoms with Gasteiger partial charge in [-0.25, -0.2) is 14.2 Å². The first-order valence-corrected chi connectivity index (χ1v) is 9.15. The van der Waals surface area contributed by atoms with Crippen LogP contribution < -0.4 is 9.47 Å². The quantitative estimate of drug-likeness (QED) is 0.392. The summed E-state index contributed by atoms with van der Waals surface area (Å²) in [5.41, 5.74) is 0.840. The van der Waals surface area contributed by atoms with E-state index >= 15 is 0 Å². The summed E-state index contributed by atoms with van der Waals surface area (Å²) < 4.78 is 29.0. The standard InChI is InChI=1S/C21H17ClFNO5/c1-3-5-18(25)28-19-15(22)8-12(10-17(19)27-2)9-16-21(26)29-20(24-16)13-6-4-7-14(23)11-13/h4,6-11H,3,5H2,1-2H3/b16-9-. The summed E-state index contributed by atoms with van der Waals surface area (Å²) in [5.74, 6) is -1.24. The van der Waals surface area contributed by atoms with Crippen molar-refractivity contribution in [2.24, 2.45) is 4.99 Å². The molecule has 29 heavy (non-hydrogen) atoms. The van der Waals surface area contributed by atoms with Gasteiger partial charge in [0.25, 0.3) is 0 Å². The average molecular weight is 418 g/mol. The van der Waals surface area contributed by atoms with Crippen LogP contribution >= 0.6 is 11.6 Å². The van der Waals surface area contributed by atoms with Gasteiger partial charge < -0.3 is 14.2 Å². The van der Waals surface area contributed by atoms with Gasteiger partial charge in [-0.15, -0.1) is 0 Å². The van der Waals surface area contributed by atoms with E-state index in [-0.39, 0.29) is 34.5 Å². The van der Waals surface area contributed by atoms with Crippen molar-refractivity contribution in [1.82, 2.24) is 0 Å². The van der Waals surface area contributed by atoms with Gasteiger partial charge >= 0.3 is 11.9 Å². The topological polar surface area (TPSA) is 74.2 Å². The Kier molecular flexibility index (Phi) is 6.29. The molecule has 0 unspecified atom stereocenters. The summed E-state index contributed by atoms with van der Waals surface area (Å²) in [6.45, 7) is 1.86. The number of carbonyl (C=O) groups is 2. The molecule has 0 bridgehead atoms. The minimum absolute atomic E-state index is 0.00364. The molecule has 0 saturated carbocycles. The largest absolute Gasteiger partial charge is 0.493 e. The van der Waals surface area contributed by atoms with Gasteiger partial charge in [0, 0.05) is 12.0 Å². The van der Waals surface area contributed by atoms with Crippen LogP contribution in [0.2, 0.25) is 5.02 Å². The monoisotopic (exact) mass is 417 g/mol. The predicted molar refractivity (Wildman–Crippen MR) is 106 cm³/mol. The average Bonchev–Trinajstić information content (AvgIpc) is 3.04. The van der Waals surface area contributed by atoms with Gasteiger partial charge in [-0.05, 0) is 48.4 Å². The Morgan fingerprint density at radius 3 is 2.79 bits per heavy atom. The molecule has 2 aromatic rings. The molecule has 0 fully saturated rings. The third-order valence-electron chi connectivity index (χ3n) is 3.92. The van der Waals surface area contributed by atoms with Crippen molar-refractivity contribution in [2.75, 3.05) is 7.11 Å². The van der Waals surface area contributed by atoms with Crippen molar-refractivity contribution in [2.45, 2.75) is 19.8 Å². The van der Waals surface area contributed by atoms with E-state index in [1.807, 2.05) is 6.92 Å². The number of rotatable bonds is 6. The van der Waals surface area contributed by atoms with Crippen molar-refractivity contribution in [3.05, 3.63) is 64.1 Å². The molecule has 0 saturated heterocycles. The van der Waals surface area contributed by atoms with Crippen LogP contribution in [-0.4, -0.2) is 24.9 Å². The molecule has 1 aliphatic rings. The Morgan fingerprint density at radius 1 is 1.31 bits per heavy atom. The fourth-order valence-corrected chi connectivity index (χ4v) is 2.86. The van der Waals surface area contributed by atoms with Gasteiger partial charge in [-0.1, -0.05) is 24.6 Å². The van der Waals surface area contributed by atoms with E-state index in [1.54, 1.807) is 12.1 Å². The Bertz CT molecular complexity index is 1030. The number of hydrogen-bond donors (Lipinski definition) is 0. The Hall–Kier alpha value is -3.19. The number of hydrogen-bond acceptors (Lipinski definition) is 6. The lowest BCUT2D eigenvalue weighted by atomic mass is 10.1. The SMILES string of the molecule is CCCC(=O)Oc1c(Cl)cc(/C=C2\N=C(c3cccc(F)c3)OC2=O)cc1OC. The highest BCUT2D eigenvalue weighted by atomic mass is 35.5. The summed E-state index contributed by atoms with van der Waals surface area (Å²) in [5, 5.41) is 0.140. The smallest absolute Gasteiger partial charge is 0.363 e. The van der Waals surface area contributed by atoms with Crippen molar-refractivity contribution < 1.29 is 28.2 Å². The lowest BCUT2D eigenvalue weighted by molar-refractivity contribution is -0.134. The lowest BCUT2D eigenvalue weighted by Crippen LogP contribution is -2.08. The van der Waals surface area contributed by atoms with Gasteiger partial charge in [-0.3, -0.25) is 4.79 Å². The molecule has 6 nitrogen and oxygen atoms in total. The molecule has 1 heterocycles. The molecule has 150 valence electrons. The fourth-order valence-electron chi connectivity index (χ4n) is 2.60. The zero-order valence-electron chi connectivity index (χ0n) is 15.7. The zero-order chi connectivity index (χ0) is 21.0. The Morgan fingerprint density at radius 2 is 2.10 bits per heavy atom. The van der Waals surface area contributed by atoms with Crippen LogP contribution in [-0.2, 0) is 14.3 Å². The third kappa shape index (κ3) is 4.81. The number of esters is 2. The van der Waals surface area contributed by atoms with Crippen molar-refractivity contribution in [3.63, 3.8) is 0 Å². The minimum Gasteiger partial charge on any atom is -0.493 e. The molecule has 0 amide bonds. The molecule has 2 aromatic carbocycles. The van der Waals surface area contributed by atoms with E-state index in [4.69, 9.17) is 25.8 Å². The van der Waals surface area contributed by atoms with Crippen LogP contribution in [0.4, 0.5) is 4.39 Å². The van der Waals surface area contributed by atoms with Crippen LogP contribution in [0.5, 0.6) is 11.5 Å². The fraction of sp³-hybridized carbons (Fsp3) is 0.190. The number of halogens is 2. The first-order valence-electron chi connectivity index (χ1n) is 8.78. The van der Waals surface area contributed by atoms with Gasteiger partial charge in [0.1, 0.15) is 5.82 Å². The number of benzene rings is 2. The Labute approximate surface area is 171 Å². The van der Waals surface area contributed by atoms with Crippen LogP contribution in [0.25, 0.3) is 6.08 Å². The summed E-state index contributed by atoms with van der Waals surface area (Å²) >= 11 is 6.24. The number of nitrogens with zero attached hydrogens (tertiary/aromatic N) is 1. The summed E-state index contributed by atoms with van der Waals surface area (Å²) in [6.07, 6.45) is 2.33. The second kappa shape index (κ2) is 8.87. The zero-order valence-corrected chi connectivity index (χ0v) is 16.5. The van der Waals surface area contributed by atoms with Crippen molar-refractivity contribution in [3.8, 4) is 11.5 Å². The number of carbonyl (C=O) groups excluding carboxylic acids is 2. The molecule has 1 aliphatic heterocycles. The third-order valence-corrected chi connectivity index (χ3v) is 4.20. The highest BCUT2D eigenvalue weighted by Crippen LogP contribution is 2.37. The molecular formula is C21H17ClFNO5. The summed E-state index contributed by atoms with van der Waals surface area (Å²) in [7, 11) is 1.41. The van der Waals surface area contributed by atoms with Gasteiger partial charge in [-0.2, -0.15) is 0 Å². The van der Waals surface area contributed by atoms with E-state index in [0.29, 0.717) is 17.5 Å². The Balaban J connectivity index is 1.92. The molecule has 0 spiro atoms. The van der Waals surface area contributed by atoms with Crippen LogP contribution in [0.1, 0.15) is 30.9 Å². The van der Waals surface area contributed by atoms with Crippen LogP contribution in [0, 0.1) is 5.82 Å². The minimum atomic E-state index is -0.683. The highest BCUT2D eigenvalue weighted by Gasteiger charge is 2.25. The number of methoxy groups -OCH3 is 1. The first-order chi connectivity index (χ1) is 13.9. The highest BCUT2D eigenvalue weighted by molar-refractivity contribution is 6.32. The molecule has 0 atom stereocenters. The second-order valence-electron chi connectivity index (χ2n) is 6.10. The van der Waals surface area contributed by atoms with E-state index in [1.165, 1.54) is 37.5 Å². The molecule has 0 aromatic heterocycles. The van der Waals surface area contributed by atoms with E-state index in [2.05, 4.69) is 4.99 Å². The van der Waals surface area contributed by atoms with Gasteiger partial charge in [0.2, 0.25) is 5.90 Å². The van der Waals surface area contributed by atoms with Crippen LogP contribution in [0.15, 0.2) is 47.1 Å². The molecule has 0 radical (unpaired) electrons. The number of cyclic esters (lactones) is 1. The lowest BCUT2D eigenvalue weighted by Gasteiger charge is -2.11. The molecular weight excluding hydrogens is 401 g/mol. The van der Waals surface area contributed by atoms with Crippen molar-refractivity contribution >= 4 is 35.5 Å². The number of ether oxygens (including phenoxy) is 3. The molecule has 0 N–H and O–H groups in total. The predicted octanol–water partition coefficient (Wildman–Crippen LogP) is 4.54. The van der Waals surface area contributed by atoms with E-state index < -0.39 is 17.8 Å². The summed E-state index contributed by atoms with van der Waals surface area (Å²) in [4.78, 5) is 28.0. The van der Waals surface area contributed by atoms with Crippen LogP contribution in [0.3, 0.4) is 0 Å². The maximum Gasteiger partial charge on any atom is 0.363 e. The molecule has 3 rings (SSSR count). The van der Waals surface area contributed by atoms with E-state index in [0.717, 1.165) is 0 Å². The maximum absolute atomic E-state index is 13.4. The first kappa shape index (κ1) is 20.5. The van der Waals surface area contributed by atoms with Crippen molar-refractivity contribution in [1.29, 1.82) is 0 Å². The normalized spacial score (nSPS) is 14.6. The summed E-state index contributed by atoms with van der Waals surface area (Å²) in [6, 6.07) is 8.63. The van der Waals surface area contributed by atoms with E-state index in [9.17, 15) is 14.0 Å². The molecule has 0 aliphatic carbocycles. The molecule has 8 heteroatoms.